The van der Waals surface area contributed by atoms with Crippen molar-refractivity contribution in [1.82, 2.24) is 15.0 Å². The summed E-state index contributed by atoms with van der Waals surface area (Å²) in [4.78, 5) is 15.0. The van der Waals surface area contributed by atoms with Crippen molar-refractivity contribution in [2.24, 2.45) is 0 Å². The summed E-state index contributed by atoms with van der Waals surface area (Å²) in [6.07, 6.45) is 3.71. The van der Waals surface area contributed by atoms with E-state index < -0.39 is 0 Å². The first kappa shape index (κ1) is 30.4. The SMILES string of the molecule is c1cncc(-c2cccc(-c3cc(-c4ccc5c6c(cccc46)-c4ccccc4-5)nc(-c4ccc(-c5cc6ccccc6c6ccccc56)cc4)n3)c2)c1. The predicted octanol–water partition coefficient (Wildman–Crippen LogP) is 13.3. The summed E-state index contributed by atoms with van der Waals surface area (Å²) in [6.45, 7) is 0. The second kappa shape index (κ2) is 12.2. The largest absolute Gasteiger partial charge is 0.264 e. The standard InChI is InChI=1S/C51H31N3/c1-2-14-38-35(10-1)29-47(42-18-6-3-15-39(38)42)32-21-23-33(24-22-32)51-53-48(36-12-7-11-34(28-36)37-13-9-27-52-31-37)30-49(54-51)43-25-26-46-41-17-5-4-16-40(41)44-19-8-20-45(43)50(44)46/h1-31H. The Bertz CT molecular complexity index is 3060. The molecule has 11 rings (SSSR count). The quantitative estimate of drug-likeness (QED) is 0.169. The van der Waals surface area contributed by atoms with Gasteiger partial charge in [-0.3, -0.25) is 4.98 Å². The van der Waals surface area contributed by atoms with Crippen LogP contribution in [-0.2, 0) is 0 Å². The minimum atomic E-state index is 0.690. The lowest BCUT2D eigenvalue weighted by atomic mass is 9.93. The van der Waals surface area contributed by atoms with Crippen LogP contribution in [0.5, 0.6) is 0 Å². The van der Waals surface area contributed by atoms with Gasteiger partial charge in [0.25, 0.3) is 0 Å². The Morgan fingerprint density at radius 3 is 1.78 bits per heavy atom. The van der Waals surface area contributed by atoms with Gasteiger partial charge >= 0.3 is 0 Å². The maximum absolute atomic E-state index is 5.33. The Hall–Kier alpha value is -7.23. The van der Waals surface area contributed by atoms with Gasteiger partial charge in [0.15, 0.2) is 5.82 Å². The van der Waals surface area contributed by atoms with Crippen LogP contribution in [0.15, 0.2) is 188 Å². The van der Waals surface area contributed by atoms with Crippen LogP contribution in [0.25, 0.3) is 111 Å². The van der Waals surface area contributed by atoms with Crippen LogP contribution in [0.3, 0.4) is 0 Å². The molecule has 2 heterocycles. The molecule has 0 radical (unpaired) electrons. The zero-order valence-corrected chi connectivity index (χ0v) is 29.2. The maximum Gasteiger partial charge on any atom is 0.160 e. The van der Waals surface area contributed by atoms with Crippen molar-refractivity contribution in [3.63, 3.8) is 0 Å². The highest BCUT2D eigenvalue weighted by Crippen LogP contribution is 2.49. The Morgan fingerprint density at radius 1 is 0.315 bits per heavy atom. The summed E-state index contributed by atoms with van der Waals surface area (Å²) >= 11 is 0. The third-order valence-corrected chi connectivity index (χ3v) is 10.9. The maximum atomic E-state index is 5.33. The molecule has 2 aromatic heterocycles. The van der Waals surface area contributed by atoms with E-state index in [9.17, 15) is 0 Å². The third-order valence-electron chi connectivity index (χ3n) is 10.9. The van der Waals surface area contributed by atoms with Gasteiger partial charge in [-0.15, -0.1) is 0 Å². The molecule has 0 fully saturated rings. The molecular weight excluding hydrogens is 655 g/mol. The Labute approximate surface area is 312 Å². The first-order valence-corrected chi connectivity index (χ1v) is 18.3. The molecule has 250 valence electrons. The van der Waals surface area contributed by atoms with Crippen molar-refractivity contribution in [2.75, 3.05) is 0 Å². The van der Waals surface area contributed by atoms with Gasteiger partial charge < -0.3 is 0 Å². The summed E-state index contributed by atoms with van der Waals surface area (Å²) < 4.78 is 0. The van der Waals surface area contributed by atoms with E-state index in [0.717, 1.165) is 44.8 Å². The summed E-state index contributed by atoms with van der Waals surface area (Å²) in [5, 5.41) is 7.48. The Morgan fingerprint density at radius 2 is 0.944 bits per heavy atom. The number of pyridine rings is 1. The van der Waals surface area contributed by atoms with Gasteiger partial charge in [-0.2, -0.15) is 0 Å². The zero-order valence-electron chi connectivity index (χ0n) is 29.2. The monoisotopic (exact) mass is 685 g/mol. The average Bonchev–Trinajstić information content (AvgIpc) is 3.58. The van der Waals surface area contributed by atoms with Crippen molar-refractivity contribution < 1.29 is 0 Å². The zero-order chi connectivity index (χ0) is 35.6. The van der Waals surface area contributed by atoms with Crippen molar-refractivity contribution >= 4 is 32.3 Å². The number of nitrogens with zero attached hydrogens (tertiary/aromatic N) is 3. The van der Waals surface area contributed by atoms with E-state index in [0.29, 0.717) is 5.82 Å². The van der Waals surface area contributed by atoms with Gasteiger partial charge in [-0.25, -0.2) is 9.97 Å². The molecule has 1 aliphatic rings. The number of fused-ring (bicyclic) bond motifs is 6. The molecule has 3 heteroatoms. The molecule has 10 aromatic rings. The van der Waals surface area contributed by atoms with Crippen molar-refractivity contribution in [2.45, 2.75) is 0 Å². The smallest absolute Gasteiger partial charge is 0.160 e. The van der Waals surface area contributed by atoms with Crippen LogP contribution in [0.1, 0.15) is 0 Å². The van der Waals surface area contributed by atoms with E-state index >= 15 is 0 Å². The van der Waals surface area contributed by atoms with Gasteiger partial charge in [-0.05, 0) is 95.5 Å². The lowest BCUT2D eigenvalue weighted by Crippen LogP contribution is -1.97. The third kappa shape index (κ3) is 4.87. The van der Waals surface area contributed by atoms with E-state index in [2.05, 4.69) is 175 Å². The van der Waals surface area contributed by atoms with E-state index in [4.69, 9.17) is 9.97 Å². The molecule has 0 aliphatic heterocycles. The van der Waals surface area contributed by atoms with Gasteiger partial charge in [0.05, 0.1) is 11.4 Å². The molecule has 0 atom stereocenters. The Kier molecular flexibility index (Phi) is 6.86. The number of benzene rings is 8. The van der Waals surface area contributed by atoms with Crippen LogP contribution in [0.2, 0.25) is 0 Å². The lowest BCUT2D eigenvalue weighted by molar-refractivity contribution is 1.18. The Balaban J connectivity index is 1.08. The first-order valence-electron chi connectivity index (χ1n) is 18.3. The van der Waals surface area contributed by atoms with Crippen LogP contribution in [-0.4, -0.2) is 15.0 Å². The molecule has 0 N–H and O–H groups in total. The predicted molar refractivity (Wildman–Crippen MR) is 224 cm³/mol. The minimum absolute atomic E-state index is 0.690. The molecule has 54 heavy (non-hydrogen) atoms. The van der Waals surface area contributed by atoms with Crippen LogP contribution >= 0.6 is 0 Å². The van der Waals surface area contributed by atoms with E-state index in [1.807, 2.05) is 12.3 Å². The normalized spacial score (nSPS) is 11.7. The summed E-state index contributed by atoms with van der Waals surface area (Å²) in [5.41, 5.74) is 14.5. The van der Waals surface area contributed by atoms with Gasteiger partial charge in [0.2, 0.25) is 0 Å². The minimum Gasteiger partial charge on any atom is -0.264 e. The molecule has 3 nitrogen and oxygen atoms in total. The molecule has 0 saturated carbocycles. The topological polar surface area (TPSA) is 38.7 Å². The average molecular weight is 686 g/mol. The summed E-state index contributed by atoms with van der Waals surface area (Å²) in [6, 6.07) is 63.0. The molecule has 8 aromatic carbocycles. The van der Waals surface area contributed by atoms with E-state index in [1.165, 1.54) is 60.1 Å². The molecule has 0 bridgehead atoms. The van der Waals surface area contributed by atoms with Crippen LogP contribution in [0, 0.1) is 0 Å². The van der Waals surface area contributed by atoms with Crippen LogP contribution in [0.4, 0.5) is 0 Å². The second-order valence-electron chi connectivity index (χ2n) is 14.0. The lowest BCUT2D eigenvalue weighted by Gasteiger charge is -2.14. The van der Waals surface area contributed by atoms with Gasteiger partial charge in [0, 0.05) is 34.6 Å². The number of hydrogen-bond acceptors (Lipinski definition) is 3. The summed E-state index contributed by atoms with van der Waals surface area (Å²) in [7, 11) is 0. The number of hydrogen-bond donors (Lipinski definition) is 0. The van der Waals surface area contributed by atoms with Crippen molar-refractivity contribution in [3.8, 4) is 78.4 Å². The highest BCUT2D eigenvalue weighted by molar-refractivity contribution is 6.18. The van der Waals surface area contributed by atoms with E-state index in [-0.39, 0.29) is 0 Å². The molecule has 0 amide bonds. The molecule has 0 unspecified atom stereocenters. The summed E-state index contributed by atoms with van der Waals surface area (Å²) in [5.74, 6) is 0.690. The van der Waals surface area contributed by atoms with Gasteiger partial charge in [-0.1, -0.05) is 152 Å². The molecule has 0 saturated heterocycles. The van der Waals surface area contributed by atoms with Crippen molar-refractivity contribution in [1.29, 1.82) is 0 Å². The van der Waals surface area contributed by atoms with E-state index in [1.54, 1.807) is 6.20 Å². The second-order valence-corrected chi connectivity index (χ2v) is 14.0. The molecular formula is C51H31N3. The first-order chi connectivity index (χ1) is 26.8. The highest BCUT2D eigenvalue weighted by atomic mass is 14.9. The fourth-order valence-corrected chi connectivity index (χ4v) is 8.38. The fourth-order valence-electron chi connectivity index (χ4n) is 8.38. The molecule has 1 aliphatic carbocycles. The molecule has 0 spiro atoms. The number of rotatable bonds is 5. The van der Waals surface area contributed by atoms with Crippen LogP contribution < -0.4 is 0 Å². The number of aromatic nitrogens is 3. The van der Waals surface area contributed by atoms with Crippen molar-refractivity contribution in [3.05, 3.63) is 188 Å². The van der Waals surface area contributed by atoms with Gasteiger partial charge in [0.1, 0.15) is 0 Å². The fraction of sp³-hybridized carbons (Fsp3) is 0. The highest BCUT2D eigenvalue weighted by Gasteiger charge is 2.23.